The van der Waals surface area contributed by atoms with E-state index in [4.69, 9.17) is 11.6 Å². The molecule has 2 aromatic carbocycles. The number of Topliss-reactive ketones (excluding diaryl/α,β-unsaturated/α-hetero) is 1. The van der Waals surface area contributed by atoms with Crippen LogP contribution in [0, 0.1) is 0 Å². The molecule has 0 heterocycles. The van der Waals surface area contributed by atoms with Gasteiger partial charge in [-0.25, -0.2) is 0 Å². The molecule has 0 aromatic heterocycles. The molecule has 0 unspecified atom stereocenters. The predicted octanol–water partition coefficient (Wildman–Crippen LogP) is 3.85. The van der Waals surface area contributed by atoms with Crippen molar-refractivity contribution in [3.05, 3.63) is 75.7 Å². The number of ketones is 1. The van der Waals surface area contributed by atoms with Crippen LogP contribution in [-0.2, 0) is 0 Å². The molecule has 0 bridgehead atoms. The van der Waals surface area contributed by atoms with Crippen molar-refractivity contribution < 1.29 is 4.79 Å². The molecule has 0 saturated heterocycles. The van der Waals surface area contributed by atoms with Crippen molar-refractivity contribution in [3.8, 4) is 0 Å². The average molecular weight is 350 g/mol. The van der Waals surface area contributed by atoms with Crippen LogP contribution in [0.3, 0.4) is 0 Å². The molecule has 20 heavy (non-hydrogen) atoms. The van der Waals surface area contributed by atoms with Crippen LogP contribution in [0.1, 0.15) is 23.7 Å². The number of allylic oxidation sites excluding steroid dienone is 2. The van der Waals surface area contributed by atoms with Gasteiger partial charge in [-0.1, -0.05) is 0 Å². The fraction of sp³-hybridized carbons (Fsp3) is 0.118. The number of benzene rings is 2. The summed E-state index contributed by atoms with van der Waals surface area (Å²) in [7, 11) is 0. The Balaban J connectivity index is 2.22. The first-order chi connectivity index (χ1) is 9.70. The van der Waals surface area contributed by atoms with Crippen molar-refractivity contribution in [2.75, 3.05) is 0 Å². The Morgan fingerprint density at radius 2 is 1.75 bits per heavy atom. The molecule has 0 aliphatic rings. The van der Waals surface area contributed by atoms with E-state index in [-0.39, 0.29) is 20.7 Å². The van der Waals surface area contributed by atoms with E-state index in [1.807, 2.05) is 60.7 Å². The Hall–Kier alpha value is -1.34. The fourth-order valence-corrected chi connectivity index (χ4v) is 3.92. The van der Waals surface area contributed by atoms with Crippen molar-refractivity contribution in [2.24, 2.45) is 0 Å². The molecule has 0 amide bonds. The molecule has 0 atom stereocenters. The zero-order valence-corrected chi connectivity index (χ0v) is 13.6. The maximum absolute atomic E-state index is 12.5. The third kappa shape index (κ3) is 4.08. The van der Waals surface area contributed by atoms with Gasteiger partial charge in [0.2, 0.25) is 0 Å². The van der Waals surface area contributed by atoms with Crippen LogP contribution >= 0.6 is 11.6 Å². The van der Waals surface area contributed by atoms with Crippen LogP contribution < -0.4 is 4.46 Å². The topological polar surface area (TPSA) is 17.1 Å². The van der Waals surface area contributed by atoms with Gasteiger partial charge in [-0.3, -0.25) is 0 Å². The quantitative estimate of drug-likeness (QED) is 0.455. The number of hydrogen-bond acceptors (Lipinski definition) is 1. The summed E-state index contributed by atoms with van der Waals surface area (Å²) < 4.78 is 2.06. The first-order valence-electron chi connectivity index (χ1n) is 6.44. The van der Waals surface area contributed by atoms with Gasteiger partial charge in [-0.05, 0) is 0 Å². The molecule has 102 valence electrons. The molecule has 0 spiro atoms. The van der Waals surface area contributed by atoms with Gasteiger partial charge in [0.15, 0.2) is 0 Å². The van der Waals surface area contributed by atoms with Gasteiger partial charge in [0.05, 0.1) is 0 Å². The Kier molecular flexibility index (Phi) is 5.60. The summed E-state index contributed by atoms with van der Waals surface area (Å²) in [4.78, 5) is 12.5. The zero-order chi connectivity index (χ0) is 14.4. The van der Waals surface area contributed by atoms with Crippen LogP contribution in [0.5, 0.6) is 0 Å². The molecule has 1 nitrogen and oxygen atoms in total. The summed E-state index contributed by atoms with van der Waals surface area (Å²) in [6.07, 6.45) is 2.90. The first-order valence-corrected chi connectivity index (χ1v) is 8.53. The first kappa shape index (κ1) is 15.1. The van der Waals surface area contributed by atoms with E-state index in [9.17, 15) is 4.79 Å². The van der Waals surface area contributed by atoms with E-state index < -0.39 is 0 Å². The van der Waals surface area contributed by atoms with Crippen LogP contribution in [-0.4, -0.2) is 20.7 Å². The van der Waals surface area contributed by atoms with E-state index in [0.717, 1.165) is 25.9 Å². The minimum absolute atomic E-state index is 0.00746. The van der Waals surface area contributed by atoms with Crippen LogP contribution in [0.2, 0.25) is 5.02 Å². The third-order valence-electron chi connectivity index (χ3n) is 2.69. The number of carbonyl (C=O) groups is 1. The fourth-order valence-electron chi connectivity index (χ4n) is 1.73. The molecule has 3 heteroatoms. The summed E-state index contributed by atoms with van der Waals surface area (Å²) in [5.41, 5.74) is 0.753. The van der Waals surface area contributed by atoms with E-state index in [0.29, 0.717) is 0 Å². The van der Waals surface area contributed by atoms with Gasteiger partial charge in [0.25, 0.3) is 0 Å². The van der Waals surface area contributed by atoms with Crippen LogP contribution in [0.25, 0.3) is 0 Å². The summed E-state index contributed by atoms with van der Waals surface area (Å²) in [6.45, 7) is 2.05. The second-order valence-corrected chi connectivity index (χ2v) is 7.00. The molecule has 0 saturated carbocycles. The van der Waals surface area contributed by atoms with Crippen molar-refractivity contribution >= 4 is 36.8 Å². The summed E-state index contributed by atoms with van der Waals surface area (Å²) in [5.74, 6) is 0.127. The van der Waals surface area contributed by atoms with E-state index in [2.05, 4.69) is 6.92 Å². The van der Waals surface area contributed by atoms with Gasteiger partial charge >= 0.3 is 131 Å². The predicted molar refractivity (Wildman–Crippen MR) is 86.0 cm³/mol. The summed E-state index contributed by atoms with van der Waals surface area (Å²) >= 11 is 5.90. The van der Waals surface area contributed by atoms with Crippen LogP contribution in [0.4, 0.5) is 0 Å². The molecule has 2 rings (SSSR count). The molecule has 0 fully saturated rings. The van der Waals surface area contributed by atoms with Crippen molar-refractivity contribution in [2.45, 2.75) is 13.3 Å². The monoisotopic (exact) mass is 350 g/mol. The molecule has 2 aromatic rings. The third-order valence-corrected chi connectivity index (χ3v) is 5.21. The number of carbonyl (C=O) groups excluding carboxylic acids is 1. The number of halogens is 1. The second kappa shape index (κ2) is 7.44. The Morgan fingerprint density at radius 1 is 1.10 bits per heavy atom. The van der Waals surface area contributed by atoms with Gasteiger partial charge in [0, 0.05) is 0 Å². The standard InChI is InChI=1S/C17H15ClOSe/c1-2-6-16(17(19)13-7-4-3-5-8-13)20-15-11-9-14(18)10-12-15/h3-12H,2H2,1H3/b16-6-. The molecule has 0 radical (unpaired) electrons. The van der Waals surface area contributed by atoms with Crippen molar-refractivity contribution in [1.82, 2.24) is 0 Å². The average Bonchev–Trinajstić information content (AvgIpc) is 2.49. The van der Waals surface area contributed by atoms with E-state index >= 15 is 0 Å². The minimum atomic E-state index is 0.00746. The van der Waals surface area contributed by atoms with Gasteiger partial charge in [-0.15, -0.1) is 0 Å². The second-order valence-electron chi connectivity index (χ2n) is 4.23. The summed E-state index contributed by atoms with van der Waals surface area (Å²) in [5, 5.41) is 0.722. The van der Waals surface area contributed by atoms with Crippen LogP contribution in [0.15, 0.2) is 65.1 Å². The number of rotatable bonds is 5. The normalized spacial score (nSPS) is 11.4. The number of hydrogen-bond donors (Lipinski definition) is 0. The zero-order valence-electron chi connectivity index (χ0n) is 11.2. The van der Waals surface area contributed by atoms with E-state index in [1.54, 1.807) is 0 Å². The molecule has 0 aliphatic heterocycles. The SMILES string of the molecule is CC/C=C(\[Se]c1ccc(Cl)cc1)C(=O)c1ccccc1. The molecule has 0 N–H and O–H groups in total. The van der Waals surface area contributed by atoms with Gasteiger partial charge in [-0.2, -0.15) is 0 Å². The van der Waals surface area contributed by atoms with Crippen molar-refractivity contribution in [1.29, 1.82) is 0 Å². The molecule has 0 aliphatic carbocycles. The van der Waals surface area contributed by atoms with Gasteiger partial charge < -0.3 is 0 Å². The molecular formula is C17H15ClOSe. The maximum atomic E-state index is 12.5. The van der Waals surface area contributed by atoms with Gasteiger partial charge in [0.1, 0.15) is 0 Å². The Bertz CT molecular complexity index is 603. The summed E-state index contributed by atoms with van der Waals surface area (Å²) in [6, 6.07) is 17.2. The van der Waals surface area contributed by atoms with Crippen molar-refractivity contribution in [3.63, 3.8) is 0 Å². The van der Waals surface area contributed by atoms with E-state index in [1.165, 1.54) is 0 Å². The molecular weight excluding hydrogens is 335 g/mol. The Labute approximate surface area is 130 Å². The Morgan fingerprint density at radius 3 is 2.35 bits per heavy atom.